The van der Waals surface area contributed by atoms with Gasteiger partial charge in [0.2, 0.25) is 0 Å². The Labute approximate surface area is 133 Å². The van der Waals surface area contributed by atoms with Gasteiger partial charge < -0.3 is 22.6 Å². The molecule has 0 atom stereocenters. The molecule has 2 rings (SSSR count). The Balaban J connectivity index is 1.73. The van der Waals surface area contributed by atoms with Gasteiger partial charge in [-0.2, -0.15) is 0 Å². The zero-order chi connectivity index (χ0) is 16.9. The van der Waals surface area contributed by atoms with Gasteiger partial charge in [0.1, 0.15) is 6.61 Å². The topological polar surface area (TPSA) is 32.8 Å². The first-order valence-electron chi connectivity index (χ1n) is 7.42. The third-order valence-electron chi connectivity index (χ3n) is 3.73. The first-order valence-corrected chi connectivity index (χ1v) is 7.42. The molecular weight excluding hydrogens is 308 g/mol. The number of amides is 1. The van der Waals surface area contributed by atoms with Crippen molar-refractivity contribution in [2.24, 2.45) is 0 Å². The molecule has 0 aliphatic carbocycles. The van der Waals surface area contributed by atoms with Crippen molar-refractivity contribution in [3.63, 3.8) is 0 Å². The van der Waals surface area contributed by atoms with E-state index in [1.165, 1.54) is 4.90 Å². The second-order valence-electron chi connectivity index (χ2n) is 5.54. The highest BCUT2D eigenvalue weighted by molar-refractivity contribution is 6.66. The Kier molecular flexibility index (Phi) is 5.71. The van der Waals surface area contributed by atoms with Crippen LogP contribution in [0.25, 0.3) is 0 Å². The lowest BCUT2D eigenvalue weighted by Crippen LogP contribution is -2.50. The molecule has 1 aromatic carbocycles. The van der Waals surface area contributed by atoms with Gasteiger partial charge >= 0.3 is 13.1 Å². The minimum atomic E-state index is -5.00. The first-order chi connectivity index (χ1) is 10.9. The Morgan fingerprint density at radius 3 is 2.30 bits per heavy atom. The maximum atomic E-state index is 12.5. The van der Waals surface area contributed by atoms with Crippen molar-refractivity contribution in [1.29, 1.82) is 0 Å². The van der Waals surface area contributed by atoms with E-state index in [0.717, 1.165) is 5.56 Å². The Morgan fingerprint density at radius 2 is 1.74 bits per heavy atom. The molecule has 23 heavy (non-hydrogen) atoms. The maximum Gasteiger partial charge on any atom is 0.506 e. The Hall–Kier alpha value is -1.96. The highest BCUT2D eigenvalue weighted by Gasteiger charge is 2.29. The number of benzene rings is 1. The normalized spacial score (nSPS) is 16.2. The van der Waals surface area contributed by atoms with Crippen LogP contribution in [0.5, 0.6) is 0 Å². The van der Waals surface area contributed by atoms with E-state index < -0.39 is 18.5 Å². The molecule has 1 aliphatic heterocycles. The van der Waals surface area contributed by atoms with Gasteiger partial charge in [0.15, 0.2) is 0 Å². The summed E-state index contributed by atoms with van der Waals surface area (Å²) in [5.74, 6) is 0. The molecule has 0 aromatic heterocycles. The zero-order valence-electron chi connectivity index (χ0n) is 12.8. The van der Waals surface area contributed by atoms with E-state index in [2.05, 4.69) is 6.58 Å². The average molecular weight is 327 g/mol. The summed E-state index contributed by atoms with van der Waals surface area (Å²) in [5.41, 5.74) is 0.188. The van der Waals surface area contributed by atoms with Crippen LogP contribution in [0.4, 0.5) is 17.7 Å². The molecule has 0 N–H and O–H groups in total. The summed E-state index contributed by atoms with van der Waals surface area (Å²) >= 11 is 0. The maximum absolute atomic E-state index is 12.5. The molecule has 0 unspecified atom stereocenters. The summed E-state index contributed by atoms with van der Waals surface area (Å²) in [4.78, 5) is 15.1. The van der Waals surface area contributed by atoms with Gasteiger partial charge in [-0.25, -0.2) is 4.79 Å². The SMILES string of the molecule is C=C(CN1CCN(C(=O)OCc2ccccc2)CC1)[B-](F)(F)F. The summed E-state index contributed by atoms with van der Waals surface area (Å²) < 4.78 is 42.8. The molecule has 0 radical (unpaired) electrons. The number of piperazine rings is 1. The van der Waals surface area contributed by atoms with E-state index in [4.69, 9.17) is 4.74 Å². The number of hydrogen-bond acceptors (Lipinski definition) is 3. The molecule has 4 nitrogen and oxygen atoms in total. The highest BCUT2D eigenvalue weighted by Crippen LogP contribution is 2.19. The van der Waals surface area contributed by atoms with Crippen LogP contribution in [-0.2, 0) is 11.3 Å². The Morgan fingerprint density at radius 1 is 1.13 bits per heavy atom. The molecule has 1 heterocycles. The predicted octanol–water partition coefficient (Wildman–Crippen LogP) is 2.88. The van der Waals surface area contributed by atoms with Crippen LogP contribution >= 0.6 is 0 Å². The number of halogens is 3. The van der Waals surface area contributed by atoms with Gasteiger partial charge in [-0.15, -0.1) is 12.1 Å². The van der Waals surface area contributed by atoms with Gasteiger partial charge in [-0.1, -0.05) is 30.3 Å². The smallest absolute Gasteiger partial charge is 0.445 e. The fourth-order valence-electron chi connectivity index (χ4n) is 2.29. The molecular formula is C15H19BF3N2O2-. The zero-order valence-corrected chi connectivity index (χ0v) is 12.8. The van der Waals surface area contributed by atoms with E-state index in [-0.39, 0.29) is 13.2 Å². The lowest BCUT2D eigenvalue weighted by Gasteiger charge is -2.35. The van der Waals surface area contributed by atoms with E-state index in [9.17, 15) is 17.7 Å². The monoisotopic (exact) mass is 327 g/mol. The molecule has 0 bridgehead atoms. The minimum absolute atomic E-state index is 0.188. The van der Waals surface area contributed by atoms with Crippen LogP contribution in [0.15, 0.2) is 42.4 Å². The summed E-state index contributed by atoms with van der Waals surface area (Å²) in [6, 6.07) is 9.31. The molecule has 0 spiro atoms. The van der Waals surface area contributed by atoms with E-state index in [1.807, 2.05) is 30.3 Å². The summed E-state index contributed by atoms with van der Waals surface area (Å²) in [5, 5.41) is 0. The Bertz CT molecular complexity index is 543. The molecule has 8 heteroatoms. The summed E-state index contributed by atoms with van der Waals surface area (Å²) in [6.45, 7) is -0.452. The van der Waals surface area contributed by atoms with Crippen molar-refractivity contribution in [3.8, 4) is 0 Å². The molecule has 1 aliphatic rings. The fraction of sp³-hybridized carbons (Fsp3) is 0.400. The third kappa shape index (κ3) is 5.31. The molecule has 1 saturated heterocycles. The van der Waals surface area contributed by atoms with Crippen LogP contribution < -0.4 is 0 Å². The van der Waals surface area contributed by atoms with Crippen LogP contribution in [0.3, 0.4) is 0 Å². The third-order valence-corrected chi connectivity index (χ3v) is 3.73. The van der Waals surface area contributed by atoms with Crippen molar-refractivity contribution >= 4 is 13.1 Å². The average Bonchev–Trinajstić information content (AvgIpc) is 2.53. The molecule has 126 valence electrons. The van der Waals surface area contributed by atoms with Crippen LogP contribution in [0.2, 0.25) is 0 Å². The number of hydrogen-bond donors (Lipinski definition) is 0. The second-order valence-corrected chi connectivity index (χ2v) is 5.54. The second kappa shape index (κ2) is 7.54. The van der Waals surface area contributed by atoms with Gasteiger partial charge in [0.05, 0.1) is 0 Å². The van der Waals surface area contributed by atoms with E-state index >= 15 is 0 Å². The summed E-state index contributed by atoms with van der Waals surface area (Å²) in [6.07, 6.45) is -0.438. The number of carbonyl (C=O) groups is 1. The molecule has 1 fully saturated rings. The fourth-order valence-corrected chi connectivity index (χ4v) is 2.29. The van der Waals surface area contributed by atoms with Gasteiger partial charge in [0.25, 0.3) is 0 Å². The number of ether oxygens (including phenoxy) is 1. The number of rotatable bonds is 5. The highest BCUT2D eigenvalue weighted by atomic mass is 19.4. The lowest BCUT2D eigenvalue weighted by molar-refractivity contribution is 0.0737. The predicted molar refractivity (Wildman–Crippen MR) is 82.9 cm³/mol. The first kappa shape index (κ1) is 17.4. The standard InChI is InChI=1S/C15H19BF3N2O2/c1-13(16(17,18)19)11-20-7-9-21(10-8-20)15(22)23-12-14-5-3-2-4-6-14/h2-6H,1,7-12H2/q-1. The van der Waals surface area contributed by atoms with Crippen molar-refractivity contribution in [2.45, 2.75) is 6.61 Å². The molecule has 1 aromatic rings. The van der Waals surface area contributed by atoms with Crippen molar-refractivity contribution in [3.05, 3.63) is 47.9 Å². The quantitative estimate of drug-likeness (QED) is 0.780. The molecule has 1 amide bonds. The van der Waals surface area contributed by atoms with Gasteiger partial charge in [-0.05, 0) is 12.1 Å². The van der Waals surface area contributed by atoms with Crippen LogP contribution in [0, 0.1) is 0 Å². The van der Waals surface area contributed by atoms with Crippen molar-refractivity contribution < 1.29 is 22.5 Å². The van der Waals surface area contributed by atoms with Crippen LogP contribution in [0.1, 0.15) is 5.56 Å². The van der Waals surface area contributed by atoms with E-state index in [1.54, 1.807) is 4.90 Å². The number of nitrogens with zero attached hydrogens (tertiary/aromatic N) is 2. The summed E-state index contributed by atoms with van der Waals surface area (Å²) in [7, 11) is 0. The van der Waals surface area contributed by atoms with Crippen molar-refractivity contribution in [1.82, 2.24) is 9.80 Å². The lowest BCUT2D eigenvalue weighted by atomic mass is 9.80. The largest absolute Gasteiger partial charge is 0.506 e. The molecule has 0 saturated carbocycles. The van der Waals surface area contributed by atoms with Gasteiger partial charge in [-0.3, -0.25) is 4.90 Å². The van der Waals surface area contributed by atoms with Crippen LogP contribution in [-0.4, -0.2) is 55.6 Å². The van der Waals surface area contributed by atoms with Crippen molar-refractivity contribution in [2.75, 3.05) is 32.7 Å². The van der Waals surface area contributed by atoms with Gasteiger partial charge in [0, 0.05) is 26.2 Å². The number of carbonyl (C=O) groups excluding carboxylic acids is 1. The van der Waals surface area contributed by atoms with E-state index in [0.29, 0.717) is 26.2 Å². The minimum Gasteiger partial charge on any atom is -0.445 e.